The zero-order valence-electron chi connectivity index (χ0n) is 9.47. The number of nitrogens with zero attached hydrogens (tertiary/aromatic N) is 2. The first-order valence-corrected chi connectivity index (χ1v) is 5.78. The van der Waals surface area contributed by atoms with Gasteiger partial charge in [-0.2, -0.15) is 18.6 Å². The average molecular weight is 362 g/mol. The Morgan fingerprint density at radius 1 is 1.41 bits per heavy atom. The Kier molecular flexibility index (Phi) is 3.75. The third-order valence-corrected chi connectivity index (χ3v) is 3.00. The molecule has 0 aliphatic carbocycles. The Balaban J connectivity index is 2.96. The first-order chi connectivity index (χ1) is 7.53. The molecule has 1 N–H and O–H groups in total. The lowest BCUT2D eigenvalue weighted by Gasteiger charge is -2.15. The van der Waals surface area contributed by atoms with Crippen LogP contribution in [0.2, 0.25) is 0 Å². The van der Waals surface area contributed by atoms with Crippen LogP contribution in [-0.2, 0) is 10.3 Å². The summed E-state index contributed by atoms with van der Waals surface area (Å²) in [6.07, 6.45) is -1.91. The highest BCUT2D eigenvalue weighted by atomic mass is 127. The molecule has 0 saturated heterocycles. The van der Waals surface area contributed by atoms with E-state index in [0.717, 1.165) is 4.68 Å². The van der Waals surface area contributed by atoms with Crippen molar-refractivity contribution in [2.45, 2.75) is 32.5 Å². The minimum Gasteiger partial charge on any atom is -0.261 e. The van der Waals surface area contributed by atoms with Gasteiger partial charge < -0.3 is 0 Å². The maximum atomic E-state index is 12.1. The molecule has 0 spiro atoms. The number of hydrogen-bond donors (Lipinski definition) is 1. The Morgan fingerprint density at radius 3 is 2.29 bits per heavy atom. The van der Waals surface area contributed by atoms with E-state index in [-0.39, 0.29) is 5.54 Å². The second kappa shape index (κ2) is 4.46. The van der Waals surface area contributed by atoms with Crippen molar-refractivity contribution in [3.63, 3.8) is 0 Å². The largest absolute Gasteiger partial charge is 0.474 e. The highest BCUT2D eigenvalue weighted by molar-refractivity contribution is 14.1. The number of carbonyl (C=O) groups excluding carboxylic acids is 1. The van der Waals surface area contributed by atoms with Crippen molar-refractivity contribution in [3.05, 3.63) is 16.2 Å². The number of nitrogens with one attached hydrogen (secondary N) is 1. The molecule has 8 heteroatoms. The summed E-state index contributed by atoms with van der Waals surface area (Å²) in [5.74, 6) is -1.99. The molecule has 4 nitrogen and oxygen atoms in total. The first kappa shape index (κ1) is 14.3. The van der Waals surface area contributed by atoms with Crippen molar-refractivity contribution >= 4 is 28.5 Å². The van der Waals surface area contributed by atoms with Crippen molar-refractivity contribution in [3.8, 4) is 0 Å². The summed E-state index contributed by atoms with van der Waals surface area (Å²) in [4.78, 5) is 10.8. The van der Waals surface area contributed by atoms with Gasteiger partial charge in [0.05, 0.1) is 22.6 Å². The topological polar surface area (TPSA) is 37.9 Å². The molecule has 0 bridgehead atoms. The van der Waals surface area contributed by atoms with Gasteiger partial charge in [0.2, 0.25) is 0 Å². The summed E-state index contributed by atoms with van der Waals surface area (Å²) in [6, 6.07) is 0. The SMILES string of the molecule is CC(C)(C)[n+]1ccn(NC(=O)C(F)(F)F)c1I. The summed E-state index contributed by atoms with van der Waals surface area (Å²) in [7, 11) is 0. The summed E-state index contributed by atoms with van der Waals surface area (Å²) in [6.45, 7) is 5.72. The predicted octanol–water partition coefficient (Wildman–Crippen LogP) is 1.77. The van der Waals surface area contributed by atoms with Crippen LogP contribution in [0.3, 0.4) is 0 Å². The van der Waals surface area contributed by atoms with E-state index < -0.39 is 12.1 Å². The van der Waals surface area contributed by atoms with Gasteiger partial charge in [0.25, 0.3) is 0 Å². The number of carbonyl (C=O) groups is 1. The standard InChI is InChI=1S/C9H11F3IN3O/c1-8(2,3)15-4-5-16(7(15)13)14-6(17)9(10,11)12/h4-5H,1-3H3/p+1. The molecule has 0 unspecified atom stereocenters. The van der Waals surface area contributed by atoms with Crippen LogP contribution in [0.1, 0.15) is 20.8 Å². The van der Waals surface area contributed by atoms with Crippen LogP contribution >= 0.6 is 22.6 Å². The van der Waals surface area contributed by atoms with Crippen LogP contribution < -0.4 is 9.99 Å². The van der Waals surface area contributed by atoms with E-state index in [4.69, 9.17) is 0 Å². The number of hydrogen-bond acceptors (Lipinski definition) is 1. The van der Waals surface area contributed by atoms with Crippen LogP contribution in [0.15, 0.2) is 12.4 Å². The molecule has 1 rings (SSSR count). The Morgan fingerprint density at radius 2 is 1.94 bits per heavy atom. The van der Waals surface area contributed by atoms with Crippen LogP contribution in [0.4, 0.5) is 13.2 Å². The fourth-order valence-electron chi connectivity index (χ4n) is 1.13. The molecule has 1 amide bonds. The van der Waals surface area contributed by atoms with Crippen molar-refractivity contribution in [2.24, 2.45) is 0 Å². The molecule has 0 saturated carbocycles. The Bertz CT molecular complexity index is 434. The number of amides is 1. The molecule has 0 aliphatic heterocycles. The first-order valence-electron chi connectivity index (χ1n) is 4.70. The molecule has 1 heterocycles. The number of rotatable bonds is 1. The number of alkyl halides is 3. The number of halogens is 4. The van der Waals surface area contributed by atoms with E-state index in [2.05, 4.69) is 0 Å². The molecule has 1 aromatic heterocycles. The van der Waals surface area contributed by atoms with Crippen molar-refractivity contribution in [1.29, 1.82) is 0 Å². The summed E-state index contributed by atoms with van der Waals surface area (Å²) in [5.41, 5.74) is 1.49. The molecule has 96 valence electrons. The third-order valence-electron chi connectivity index (χ3n) is 1.96. The van der Waals surface area contributed by atoms with Crippen molar-refractivity contribution in [1.82, 2.24) is 4.68 Å². The molecular formula is C9H12F3IN3O+. The average Bonchev–Trinajstić information content (AvgIpc) is 2.45. The number of imidazole rings is 1. The fraction of sp³-hybridized carbons (Fsp3) is 0.556. The maximum absolute atomic E-state index is 12.1. The molecule has 0 aliphatic rings. The molecule has 1 aromatic rings. The van der Waals surface area contributed by atoms with Gasteiger partial charge in [0.15, 0.2) is 6.20 Å². The van der Waals surface area contributed by atoms with Gasteiger partial charge in [-0.3, -0.25) is 4.79 Å². The van der Waals surface area contributed by atoms with Gasteiger partial charge in [-0.1, -0.05) is 0 Å². The zero-order chi connectivity index (χ0) is 13.4. The van der Waals surface area contributed by atoms with Gasteiger partial charge in [-0.15, -0.1) is 4.68 Å². The number of aromatic nitrogens is 2. The second-order valence-corrected chi connectivity index (χ2v) is 5.38. The van der Waals surface area contributed by atoms with E-state index in [9.17, 15) is 18.0 Å². The van der Waals surface area contributed by atoms with Gasteiger partial charge in [0, 0.05) is 0 Å². The Hall–Kier alpha value is -0.800. The van der Waals surface area contributed by atoms with Crippen molar-refractivity contribution in [2.75, 3.05) is 5.43 Å². The van der Waals surface area contributed by atoms with Gasteiger partial charge in [0.1, 0.15) is 11.7 Å². The fourth-order valence-corrected chi connectivity index (χ4v) is 2.29. The van der Waals surface area contributed by atoms with E-state index >= 15 is 0 Å². The van der Waals surface area contributed by atoms with Gasteiger partial charge >= 0.3 is 15.9 Å². The van der Waals surface area contributed by atoms with Crippen LogP contribution in [0.25, 0.3) is 0 Å². The smallest absolute Gasteiger partial charge is 0.261 e. The predicted molar refractivity (Wildman–Crippen MR) is 62.8 cm³/mol. The van der Waals surface area contributed by atoms with E-state index in [0.29, 0.717) is 3.83 Å². The van der Waals surface area contributed by atoms with E-state index in [1.807, 2.05) is 43.4 Å². The summed E-state index contributed by atoms with van der Waals surface area (Å²) in [5, 5.41) is 0. The van der Waals surface area contributed by atoms with E-state index in [1.165, 1.54) is 6.20 Å². The molecule has 17 heavy (non-hydrogen) atoms. The van der Waals surface area contributed by atoms with E-state index in [1.54, 1.807) is 16.2 Å². The second-order valence-electron chi connectivity index (χ2n) is 4.42. The van der Waals surface area contributed by atoms with Crippen LogP contribution in [0, 0.1) is 3.83 Å². The van der Waals surface area contributed by atoms with Crippen molar-refractivity contribution < 1.29 is 22.5 Å². The highest BCUT2D eigenvalue weighted by Crippen LogP contribution is 2.15. The van der Waals surface area contributed by atoms with Gasteiger partial charge in [-0.25, -0.2) is 4.57 Å². The Labute approximate surface area is 110 Å². The lowest BCUT2D eigenvalue weighted by Crippen LogP contribution is -2.52. The third kappa shape index (κ3) is 3.33. The lowest BCUT2D eigenvalue weighted by atomic mass is 10.1. The zero-order valence-corrected chi connectivity index (χ0v) is 11.6. The molecule has 0 aromatic carbocycles. The van der Waals surface area contributed by atoms with Gasteiger partial charge in [-0.05, 0) is 20.8 Å². The minimum absolute atomic E-state index is 0.273. The normalized spacial score (nSPS) is 12.6. The summed E-state index contributed by atoms with van der Waals surface area (Å²) < 4.78 is 39.5. The molecule has 0 radical (unpaired) electrons. The summed E-state index contributed by atoms with van der Waals surface area (Å²) >= 11 is 1.87. The molecular weight excluding hydrogens is 350 g/mol. The monoisotopic (exact) mass is 362 g/mol. The molecule has 0 fully saturated rings. The highest BCUT2D eigenvalue weighted by Gasteiger charge is 2.41. The lowest BCUT2D eigenvalue weighted by molar-refractivity contribution is -0.764. The van der Waals surface area contributed by atoms with Crippen LogP contribution in [-0.4, -0.2) is 16.8 Å². The molecule has 0 atom stereocenters. The maximum Gasteiger partial charge on any atom is 0.474 e. The quantitative estimate of drug-likeness (QED) is 0.600. The van der Waals surface area contributed by atoms with Crippen LogP contribution in [0.5, 0.6) is 0 Å². The minimum atomic E-state index is -4.89.